The van der Waals surface area contributed by atoms with Gasteiger partial charge >= 0.3 is 6.18 Å². The molecule has 1 aromatic heterocycles. The van der Waals surface area contributed by atoms with Crippen LogP contribution >= 0.6 is 0 Å². The molecule has 2 aromatic rings. The van der Waals surface area contributed by atoms with Crippen LogP contribution in [0.15, 0.2) is 42.6 Å². The van der Waals surface area contributed by atoms with Crippen molar-refractivity contribution < 1.29 is 27.6 Å². The van der Waals surface area contributed by atoms with E-state index >= 15 is 0 Å². The number of carbonyl (C=O) groups excluding carboxylic acids is 2. The molecule has 1 aliphatic carbocycles. The Balaban J connectivity index is 1.90. The second kappa shape index (κ2) is 10.9. The van der Waals surface area contributed by atoms with Crippen molar-refractivity contribution in [1.82, 2.24) is 15.0 Å². The van der Waals surface area contributed by atoms with Crippen LogP contribution in [-0.4, -0.2) is 33.4 Å². The van der Waals surface area contributed by atoms with Gasteiger partial charge < -0.3 is 0 Å². The van der Waals surface area contributed by atoms with Crippen molar-refractivity contribution in [1.29, 1.82) is 0 Å². The number of rotatable bonds is 8. The number of hydrogen-bond acceptors (Lipinski definition) is 6. The smallest absolute Gasteiger partial charge is 0.276 e. The van der Waals surface area contributed by atoms with E-state index in [-0.39, 0.29) is 24.4 Å². The summed E-state index contributed by atoms with van der Waals surface area (Å²) in [5.41, 5.74) is -0.457. The topological polar surface area (TPSA) is 102 Å². The van der Waals surface area contributed by atoms with Crippen molar-refractivity contribution in [2.75, 3.05) is 5.01 Å². The van der Waals surface area contributed by atoms with E-state index < -0.39 is 29.8 Å². The molecule has 11 heteroatoms. The number of amides is 2. The molecule has 1 fully saturated rings. The molecule has 0 spiro atoms. The molecule has 1 aliphatic rings. The molecule has 2 unspecified atom stereocenters. The Hall–Kier alpha value is -3.05. The Morgan fingerprint density at radius 2 is 1.82 bits per heavy atom. The summed E-state index contributed by atoms with van der Waals surface area (Å²) < 4.78 is 39.3. The zero-order chi connectivity index (χ0) is 24.9. The molecule has 0 aliphatic heterocycles. The number of aromatic nitrogens is 2. The van der Waals surface area contributed by atoms with Crippen LogP contribution in [0.5, 0.6) is 0 Å². The van der Waals surface area contributed by atoms with Crippen LogP contribution in [0.3, 0.4) is 0 Å². The minimum Gasteiger partial charge on any atom is -0.276 e. The second-order valence-corrected chi connectivity index (χ2v) is 8.79. The summed E-state index contributed by atoms with van der Waals surface area (Å²) >= 11 is 0. The van der Waals surface area contributed by atoms with Crippen molar-refractivity contribution >= 4 is 18.3 Å². The third kappa shape index (κ3) is 6.29. The van der Waals surface area contributed by atoms with Crippen molar-refractivity contribution in [2.24, 2.45) is 23.6 Å². The van der Waals surface area contributed by atoms with E-state index in [0.29, 0.717) is 30.3 Å². The number of benzene rings is 1. The Kier molecular flexibility index (Phi) is 8.21. The largest absolute Gasteiger partial charge is 0.433 e. The highest BCUT2D eigenvalue weighted by Gasteiger charge is 2.41. The maximum absolute atomic E-state index is 13.5. The van der Waals surface area contributed by atoms with Crippen molar-refractivity contribution in [3.05, 3.63) is 53.9 Å². The lowest BCUT2D eigenvalue weighted by Crippen LogP contribution is -2.56. The van der Waals surface area contributed by atoms with Crippen LogP contribution in [0.25, 0.3) is 0 Å². The van der Waals surface area contributed by atoms with Crippen molar-refractivity contribution in [3.8, 4) is 0 Å². The van der Waals surface area contributed by atoms with Crippen LogP contribution in [0.2, 0.25) is 0 Å². The van der Waals surface area contributed by atoms with Gasteiger partial charge in [-0.15, -0.1) is 0 Å². The predicted molar refractivity (Wildman–Crippen MR) is 117 cm³/mol. The van der Waals surface area contributed by atoms with Gasteiger partial charge in [-0.05, 0) is 48.6 Å². The summed E-state index contributed by atoms with van der Waals surface area (Å²) in [4.78, 5) is 38.3. The maximum atomic E-state index is 13.5. The van der Waals surface area contributed by atoms with E-state index in [2.05, 4.69) is 23.8 Å². The molecule has 1 saturated carbocycles. The van der Waals surface area contributed by atoms with Gasteiger partial charge in [-0.3, -0.25) is 14.4 Å². The SMILES string of the molecule is C[C@@H]1CC(C(C(=O)N(N)c2nccc(C(F)(F)F)n2)N(C=O)OCc2ccccc2)C[C@H](C)C1. The summed E-state index contributed by atoms with van der Waals surface area (Å²) in [6.45, 7) is 4.12. The number of anilines is 1. The molecule has 8 nitrogen and oxygen atoms in total. The number of hydrazine groups is 1. The predicted octanol–water partition coefficient (Wildman–Crippen LogP) is 3.73. The van der Waals surface area contributed by atoms with Gasteiger partial charge in [-0.1, -0.05) is 44.2 Å². The second-order valence-electron chi connectivity index (χ2n) is 8.79. The lowest BCUT2D eigenvalue weighted by molar-refractivity contribution is -0.202. The number of hydrogen-bond donors (Lipinski definition) is 1. The summed E-state index contributed by atoms with van der Waals surface area (Å²) in [5, 5.41) is 1.38. The van der Waals surface area contributed by atoms with Crippen LogP contribution < -0.4 is 10.9 Å². The molecular formula is C23H28F3N5O3. The molecule has 0 radical (unpaired) electrons. The molecule has 0 saturated heterocycles. The fourth-order valence-electron chi connectivity index (χ4n) is 4.55. The lowest BCUT2D eigenvalue weighted by Gasteiger charge is -2.39. The highest BCUT2D eigenvalue weighted by molar-refractivity contribution is 5.95. The van der Waals surface area contributed by atoms with Gasteiger partial charge in [-0.25, -0.2) is 25.9 Å². The zero-order valence-electron chi connectivity index (χ0n) is 19.0. The van der Waals surface area contributed by atoms with E-state index in [0.717, 1.165) is 23.2 Å². The van der Waals surface area contributed by atoms with Crippen LogP contribution in [0, 0.1) is 17.8 Å². The summed E-state index contributed by atoms with van der Waals surface area (Å²) in [7, 11) is 0. The summed E-state index contributed by atoms with van der Waals surface area (Å²) in [6, 6.07) is 8.58. The number of hydroxylamine groups is 2. The number of nitrogens with two attached hydrogens (primary N) is 1. The molecule has 34 heavy (non-hydrogen) atoms. The molecule has 184 valence electrons. The van der Waals surface area contributed by atoms with Gasteiger partial charge in [0, 0.05) is 6.20 Å². The minimum absolute atomic E-state index is 0.0197. The van der Waals surface area contributed by atoms with Crippen molar-refractivity contribution in [3.63, 3.8) is 0 Å². The number of carbonyl (C=O) groups is 2. The average Bonchev–Trinajstić information content (AvgIpc) is 2.80. The fourth-order valence-corrected chi connectivity index (χ4v) is 4.55. The van der Waals surface area contributed by atoms with E-state index in [9.17, 15) is 22.8 Å². The summed E-state index contributed by atoms with van der Waals surface area (Å²) in [6.07, 6.45) is -1.25. The van der Waals surface area contributed by atoms with Gasteiger partial charge in [0.2, 0.25) is 12.4 Å². The molecule has 1 aromatic carbocycles. The maximum Gasteiger partial charge on any atom is 0.433 e. The average molecular weight is 480 g/mol. The molecule has 2 amide bonds. The molecule has 1 heterocycles. The number of halogens is 3. The Morgan fingerprint density at radius 3 is 2.41 bits per heavy atom. The van der Waals surface area contributed by atoms with Gasteiger partial charge in [-0.2, -0.15) is 13.2 Å². The van der Waals surface area contributed by atoms with Crippen LogP contribution in [-0.2, 0) is 27.2 Å². The van der Waals surface area contributed by atoms with Gasteiger partial charge in [0.25, 0.3) is 5.91 Å². The first-order valence-corrected chi connectivity index (χ1v) is 11.0. The molecule has 3 rings (SSSR count). The Bertz CT molecular complexity index is 966. The standard InChI is InChI=1S/C23H28F3N5O3/c1-15-10-16(2)12-18(11-15)20(30(14-32)34-13-17-6-4-3-5-7-17)21(33)31(27)22-28-9-8-19(29-22)23(24,25)26/h3-9,14-16,18,20H,10-13,27H2,1-2H3/t15-,16+,18?,20?. The van der Waals surface area contributed by atoms with Gasteiger partial charge in [0.05, 0.1) is 0 Å². The van der Waals surface area contributed by atoms with Gasteiger partial charge in [0.1, 0.15) is 18.3 Å². The highest BCUT2D eigenvalue weighted by atomic mass is 19.4. The van der Waals surface area contributed by atoms with E-state index in [1.165, 1.54) is 0 Å². The first kappa shape index (κ1) is 25.6. The van der Waals surface area contributed by atoms with E-state index in [4.69, 9.17) is 10.7 Å². The van der Waals surface area contributed by atoms with Crippen LogP contribution in [0.1, 0.15) is 44.4 Å². The molecule has 4 atom stereocenters. The molecule has 2 N–H and O–H groups in total. The summed E-state index contributed by atoms with van der Waals surface area (Å²) in [5.74, 6) is 4.72. The highest BCUT2D eigenvalue weighted by Crippen LogP contribution is 2.37. The van der Waals surface area contributed by atoms with Gasteiger partial charge in [0.15, 0.2) is 0 Å². The third-order valence-corrected chi connectivity index (χ3v) is 5.90. The zero-order valence-corrected chi connectivity index (χ0v) is 19.0. The molecule has 0 bridgehead atoms. The monoisotopic (exact) mass is 479 g/mol. The quantitative estimate of drug-likeness (QED) is 0.268. The first-order chi connectivity index (χ1) is 16.1. The Morgan fingerprint density at radius 1 is 1.18 bits per heavy atom. The van der Waals surface area contributed by atoms with E-state index in [1.807, 2.05) is 18.2 Å². The van der Waals surface area contributed by atoms with Crippen LogP contribution in [0.4, 0.5) is 19.1 Å². The number of nitrogens with zero attached hydrogens (tertiary/aromatic N) is 4. The Labute approximate surface area is 195 Å². The van der Waals surface area contributed by atoms with E-state index in [1.54, 1.807) is 12.1 Å². The lowest BCUT2D eigenvalue weighted by atomic mass is 9.73. The fraction of sp³-hybridized carbons (Fsp3) is 0.478. The third-order valence-electron chi connectivity index (χ3n) is 5.90. The number of alkyl halides is 3. The molecular weight excluding hydrogens is 451 g/mol. The normalized spacial score (nSPS) is 21.5. The first-order valence-electron chi connectivity index (χ1n) is 11.0. The minimum atomic E-state index is -4.73. The van der Waals surface area contributed by atoms with Crippen molar-refractivity contribution in [2.45, 2.75) is 51.9 Å².